The van der Waals surface area contributed by atoms with E-state index >= 15 is 0 Å². The topological polar surface area (TPSA) is 158 Å². The van der Waals surface area contributed by atoms with Gasteiger partial charge in [0.2, 0.25) is 5.91 Å². The number of amides is 2. The Morgan fingerprint density at radius 2 is 1.87 bits per heavy atom. The molecule has 0 atom stereocenters. The molecule has 0 saturated carbocycles. The van der Waals surface area contributed by atoms with E-state index < -0.39 is 17.8 Å². The third-order valence-corrected chi connectivity index (χ3v) is 5.55. The molecule has 1 aromatic carbocycles. The fraction of sp³-hybridized carbons (Fsp3) is 0.158. The minimum Gasteiger partial charge on any atom is -0.481 e. The zero-order chi connectivity index (χ0) is 22.4. The standard InChI is InChI=1S/C19H16N4O6S2/c24-14(5-6-15(25)26)22-18-20-9-12(30-18)8-13-17(29)23-19(31-13)21-11-3-1-10(2-4-11)7-16(27)28/h1-4,8-9H,5-7H2,(H,25,26)(H,27,28)(H,20,22,24)(H,21,23,29). The van der Waals surface area contributed by atoms with Crippen molar-refractivity contribution in [2.24, 2.45) is 4.99 Å². The minimum atomic E-state index is -1.06. The predicted octanol–water partition coefficient (Wildman–Crippen LogP) is 2.47. The van der Waals surface area contributed by atoms with Gasteiger partial charge in [-0.25, -0.2) is 9.98 Å². The molecular weight excluding hydrogens is 444 g/mol. The number of carboxylic acids is 2. The number of hydrogen-bond acceptors (Lipinski definition) is 8. The third kappa shape index (κ3) is 6.76. The summed E-state index contributed by atoms with van der Waals surface area (Å²) < 4.78 is 0. The number of nitrogens with one attached hydrogen (secondary N) is 2. The molecule has 2 aromatic rings. The normalized spacial score (nSPS) is 15.8. The van der Waals surface area contributed by atoms with Gasteiger partial charge < -0.3 is 20.8 Å². The van der Waals surface area contributed by atoms with Crippen molar-refractivity contribution in [3.8, 4) is 0 Å². The molecule has 31 heavy (non-hydrogen) atoms. The summed E-state index contributed by atoms with van der Waals surface area (Å²) in [7, 11) is 0. The molecule has 1 aliphatic heterocycles. The summed E-state index contributed by atoms with van der Waals surface area (Å²) in [6.07, 6.45) is 2.61. The second-order valence-corrected chi connectivity index (χ2v) is 8.32. The van der Waals surface area contributed by atoms with Gasteiger partial charge in [0.15, 0.2) is 10.3 Å². The second-order valence-electron chi connectivity index (χ2n) is 6.23. The Bertz CT molecular complexity index is 1090. The Balaban J connectivity index is 1.63. The molecule has 3 rings (SSSR count). The van der Waals surface area contributed by atoms with Crippen LogP contribution in [0.3, 0.4) is 0 Å². The van der Waals surface area contributed by atoms with E-state index in [2.05, 4.69) is 20.6 Å². The highest BCUT2D eigenvalue weighted by molar-refractivity contribution is 8.18. The number of benzene rings is 1. The average molecular weight is 460 g/mol. The first-order valence-electron chi connectivity index (χ1n) is 8.86. The number of anilines is 1. The first-order chi connectivity index (χ1) is 14.8. The summed E-state index contributed by atoms with van der Waals surface area (Å²) in [5.74, 6) is -2.75. The van der Waals surface area contributed by atoms with E-state index in [0.29, 0.717) is 31.3 Å². The van der Waals surface area contributed by atoms with Crippen LogP contribution in [0.1, 0.15) is 23.3 Å². The molecule has 2 amide bonds. The van der Waals surface area contributed by atoms with Crippen LogP contribution in [0.15, 0.2) is 40.4 Å². The number of aliphatic imine (C=N–C) groups is 1. The quantitative estimate of drug-likeness (QED) is 0.437. The summed E-state index contributed by atoms with van der Waals surface area (Å²) >= 11 is 2.29. The van der Waals surface area contributed by atoms with Gasteiger partial charge in [-0.2, -0.15) is 0 Å². The number of aromatic nitrogens is 1. The molecule has 0 unspecified atom stereocenters. The van der Waals surface area contributed by atoms with E-state index in [4.69, 9.17) is 10.2 Å². The van der Waals surface area contributed by atoms with Crippen LogP contribution in [0.4, 0.5) is 10.8 Å². The number of rotatable bonds is 8. The summed E-state index contributed by atoms with van der Waals surface area (Å²) in [6.45, 7) is 0. The van der Waals surface area contributed by atoms with E-state index in [-0.39, 0.29) is 25.2 Å². The lowest BCUT2D eigenvalue weighted by molar-refractivity contribution is -0.138. The maximum atomic E-state index is 12.2. The van der Waals surface area contributed by atoms with Crippen molar-refractivity contribution in [2.75, 3.05) is 5.32 Å². The van der Waals surface area contributed by atoms with Crippen molar-refractivity contribution in [3.05, 3.63) is 45.8 Å². The first kappa shape index (κ1) is 22.2. The molecule has 2 heterocycles. The molecule has 0 bridgehead atoms. The smallest absolute Gasteiger partial charge is 0.307 e. The molecule has 160 valence electrons. The van der Waals surface area contributed by atoms with Crippen LogP contribution in [-0.2, 0) is 25.6 Å². The lowest BCUT2D eigenvalue weighted by atomic mass is 10.1. The Morgan fingerprint density at radius 1 is 1.13 bits per heavy atom. The molecule has 0 spiro atoms. The van der Waals surface area contributed by atoms with E-state index in [1.807, 2.05) is 0 Å². The zero-order valence-electron chi connectivity index (χ0n) is 15.8. The van der Waals surface area contributed by atoms with Crippen molar-refractivity contribution in [3.63, 3.8) is 0 Å². The van der Waals surface area contributed by atoms with E-state index in [9.17, 15) is 19.2 Å². The summed E-state index contributed by atoms with van der Waals surface area (Å²) in [5, 5.41) is 23.3. The summed E-state index contributed by atoms with van der Waals surface area (Å²) in [4.78, 5) is 54.5. The highest BCUT2D eigenvalue weighted by Gasteiger charge is 2.24. The van der Waals surface area contributed by atoms with E-state index in [1.165, 1.54) is 6.20 Å². The number of hydrogen-bond donors (Lipinski definition) is 4. The number of thiazole rings is 1. The number of thioether (sulfide) groups is 1. The number of carbonyl (C=O) groups is 4. The van der Waals surface area contributed by atoms with Crippen LogP contribution in [0, 0.1) is 0 Å². The monoisotopic (exact) mass is 460 g/mol. The van der Waals surface area contributed by atoms with Crippen LogP contribution in [-0.4, -0.2) is 44.1 Å². The lowest BCUT2D eigenvalue weighted by Crippen LogP contribution is -2.19. The number of nitrogens with zero attached hydrogens (tertiary/aromatic N) is 2. The van der Waals surface area contributed by atoms with Gasteiger partial charge in [-0.3, -0.25) is 19.2 Å². The molecule has 0 radical (unpaired) electrons. The maximum Gasteiger partial charge on any atom is 0.307 e. The Morgan fingerprint density at radius 3 is 2.55 bits per heavy atom. The highest BCUT2D eigenvalue weighted by Crippen LogP contribution is 2.30. The van der Waals surface area contributed by atoms with Gasteiger partial charge in [-0.15, -0.1) is 0 Å². The van der Waals surface area contributed by atoms with E-state index in [0.717, 1.165) is 23.1 Å². The fourth-order valence-corrected chi connectivity index (χ4v) is 4.09. The van der Waals surface area contributed by atoms with Crippen LogP contribution in [0.5, 0.6) is 0 Å². The SMILES string of the molecule is O=C(O)CCC(=O)Nc1ncc(C=C2SC(=Nc3ccc(CC(=O)O)cc3)NC2=O)s1. The van der Waals surface area contributed by atoms with Crippen molar-refractivity contribution >= 4 is 68.9 Å². The number of amidine groups is 1. The maximum absolute atomic E-state index is 12.2. The van der Waals surface area contributed by atoms with Crippen molar-refractivity contribution < 1.29 is 29.4 Å². The number of aliphatic carboxylic acids is 2. The van der Waals surface area contributed by atoms with Gasteiger partial charge in [0.25, 0.3) is 5.91 Å². The van der Waals surface area contributed by atoms with Gasteiger partial charge in [-0.05, 0) is 35.5 Å². The third-order valence-electron chi connectivity index (χ3n) is 3.78. The first-order valence-corrected chi connectivity index (χ1v) is 10.5. The van der Waals surface area contributed by atoms with Gasteiger partial charge in [0.05, 0.1) is 28.3 Å². The molecule has 12 heteroatoms. The molecule has 4 N–H and O–H groups in total. The Labute approximate surface area is 184 Å². The van der Waals surface area contributed by atoms with Crippen LogP contribution >= 0.6 is 23.1 Å². The van der Waals surface area contributed by atoms with Gasteiger partial charge in [0, 0.05) is 12.6 Å². The minimum absolute atomic E-state index is 0.0773. The van der Waals surface area contributed by atoms with Crippen molar-refractivity contribution in [1.82, 2.24) is 10.3 Å². The molecule has 1 saturated heterocycles. The number of carbonyl (C=O) groups excluding carboxylic acids is 2. The molecular formula is C19H16N4O6S2. The van der Waals surface area contributed by atoms with Crippen molar-refractivity contribution in [1.29, 1.82) is 0 Å². The number of carboxylic acid groups (broad SMARTS) is 2. The average Bonchev–Trinajstić information content (AvgIpc) is 3.27. The molecule has 1 aliphatic rings. The summed E-state index contributed by atoms with van der Waals surface area (Å²) in [6, 6.07) is 6.66. The molecule has 0 aliphatic carbocycles. The van der Waals surface area contributed by atoms with Crippen LogP contribution < -0.4 is 10.6 Å². The zero-order valence-corrected chi connectivity index (χ0v) is 17.5. The predicted molar refractivity (Wildman–Crippen MR) is 116 cm³/mol. The molecule has 1 aromatic heterocycles. The van der Waals surface area contributed by atoms with Crippen LogP contribution in [0.2, 0.25) is 0 Å². The van der Waals surface area contributed by atoms with Gasteiger partial charge >= 0.3 is 11.9 Å². The van der Waals surface area contributed by atoms with Gasteiger partial charge in [0.1, 0.15) is 0 Å². The fourth-order valence-electron chi connectivity index (χ4n) is 2.40. The largest absolute Gasteiger partial charge is 0.481 e. The Hall–Kier alpha value is -3.51. The lowest BCUT2D eigenvalue weighted by Gasteiger charge is -1.99. The highest BCUT2D eigenvalue weighted by atomic mass is 32.2. The van der Waals surface area contributed by atoms with Crippen molar-refractivity contribution in [2.45, 2.75) is 19.3 Å². The second kappa shape index (κ2) is 10.00. The molecule has 1 fully saturated rings. The Kier molecular flexibility index (Phi) is 7.15. The summed E-state index contributed by atoms with van der Waals surface area (Å²) in [5.41, 5.74) is 1.22. The van der Waals surface area contributed by atoms with Gasteiger partial charge in [-0.1, -0.05) is 23.5 Å². The van der Waals surface area contributed by atoms with E-state index in [1.54, 1.807) is 30.3 Å². The molecule has 10 nitrogen and oxygen atoms in total. The van der Waals surface area contributed by atoms with Crippen LogP contribution in [0.25, 0.3) is 6.08 Å².